The fourth-order valence-corrected chi connectivity index (χ4v) is 3.01. The fourth-order valence-electron chi connectivity index (χ4n) is 3.01. The van der Waals surface area contributed by atoms with Gasteiger partial charge < -0.3 is 24.1 Å². The number of anilines is 1. The minimum absolute atomic E-state index is 0.109. The third-order valence-electron chi connectivity index (χ3n) is 4.56. The molecule has 10 nitrogen and oxygen atoms in total. The number of ether oxygens (including phenoxy) is 4. The van der Waals surface area contributed by atoms with Crippen molar-refractivity contribution >= 4 is 17.7 Å². The van der Waals surface area contributed by atoms with Gasteiger partial charge in [-0.2, -0.15) is 0 Å². The topological polar surface area (TPSA) is 136 Å². The van der Waals surface area contributed by atoms with E-state index in [1.165, 1.54) is 11.6 Å². The van der Waals surface area contributed by atoms with Crippen molar-refractivity contribution in [3.05, 3.63) is 60.2 Å². The van der Waals surface area contributed by atoms with Gasteiger partial charge in [-0.1, -0.05) is 25.1 Å². The number of aliphatic hydroxyl groups is 1. The van der Waals surface area contributed by atoms with Crippen LogP contribution in [0, 0.1) is 5.92 Å². The molecule has 10 heteroatoms. The summed E-state index contributed by atoms with van der Waals surface area (Å²) < 4.78 is 21.6. The Bertz CT molecular complexity index is 961. The van der Waals surface area contributed by atoms with Crippen molar-refractivity contribution in [1.82, 2.24) is 5.48 Å². The Morgan fingerprint density at radius 3 is 2.62 bits per heavy atom. The maximum absolute atomic E-state index is 12.6. The second kappa shape index (κ2) is 11.0. The molecule has 0 fully saturated rings. The van der Waals surface area contributed by atoms with E-state index in [-0.39, 0.29) is 20.0 Å². The molecule has 0 bridgehead atoms. The summed E-state index contributed by atoms with van der Waals surface area (Å²) in [4.78, 5) is 24.0. The van der Waals surface area contributed by atoms with Gasteiger partial charge in [0.1, 0.15) is 18.5 Å². The summed E-state index contributed by atoms with van der Waals surface area (Å²) in [5.74, 6) is 0.539. The Hall–Kier alpha value is -3.76. The summed E-state index contributed by atoms with van der Waals surface area (Å²) in [5.41, 5.74) is 2.64. The fraction of sp³-hybridized carbons (Fsp3) is 0.273. The van der Waals surface area contributed by atoms with Gasteiger partial charge in [0.2, 0.25) is 6.79 Å². The van der Waals surface area contributed by atoms with Gasteiger partial charge in [0.15, 0.2) is 11.5 Å². The highest BCUT2D eigenvalue weighted by atomic mass is 16.7. The van der Waals surface area contributed by atoms with Crippen molar-refractivity contribution in [2.24, 2.45) is 5.92 Å². The van der Waals surface area contributed by atoms with Crippen molar-refractivity contribution in [3.63, 3.8) is 0 Å². The van der Waals surface area contributed by atoms with Crippen LogP contribution >= 0.6 is 0 Å². The van der Waals surface area contributed by atoms with E-state index in [4.69, 9.17) is 29.3 Å². The third-order valence-corrected chi connectivity index (χ3v) is 4.56. The Morgan fingerprint density at radius 2 is 1.91 bits per heavy atom. The first-order chi connectivity index (χ1) is 15.5. The first-order valence-electron chi connectivity index (χ1n) is 9.83. The van der Waals surface area contributed by atoms with Crippen LogP contribution in [0.3, 0.4) is 0 Å². The summed E-state index contributed by atoms with van der Waals surface area (Å²) in [6.07, 6.45) is 1.20. The lowest BCUT2D eigenvalue weighted by atomic mass is 9.96. The van der Waals surface area contributed by atoms with Gasteiger partial charge in [0.25, 0.3) is 5.91 Å². The normalized spacial score (nSPS) is 14.0. The summed E-state index contributed by atoms with van der Waals surface area (Å²) in [5, 5.41) is 20.2. The number of rotatable bonds is 9. The Balaban J connectivity index is 1.74. The number of amides is 2. The van der Waals surface area contributed by atoms with Gasteiger partial charge >= 0.3 is 6.09 Å². The first kappa shape index (κ1) is 22.9. The number of benzene rings is 2. The SMILES string of the molecule is C[C@H](/C=C/C(=O)NO)[C@@H](OC(=O)Nc1ccc2c(c1)OCO2)c1ccc(OCCO)cc1. The standard InChI is InChI=1S/C22H24N2O8/c1-14(2-9-20(26)24-28)21(15-3-6-17(7-4-15)29-11-10-25)32-22(27)23-16-5-8-18-19(12-16)31-13-30-18/h2-9,12,14,21,25,28H,10-11,13H2,1H3,(H,23,27)(H,24,26)/b9-2+/t14-,21-/m1/s1. The van der Waals surface area contributed by atoms with E-state index in [0.717, 1.165) is 6.08 Å². The number of carbonyl (C=O) groups is 2. The van der Waals surface area contributed by atoms with Crippen molar-refractivity contribution < 1.29 is 38.9 Å². The van der Waals surface area contributed by atoms with Crippen molar-refractivity contribution in [2.45, 2.75) is 13.0 Å². The lowest BCUT2D eigenvalue weighted by Crippen LogP contribution is -2.22. The van der Waals surface area contributed by atoms with E-state index in [9.17, 15) is 9.59 Å². The van der Waals surface area contributed by atoms with E-state index >= 15 is 0 Å². The minimum Gasteiger partial charge on any atom is -0.491 e. The number of hydrogen-bond acceptors (Lipinski definition) is 8. The summed E-state index contributed by atoms with van der Waals surface area (Å²) in [7, 11) is 0. The zero-order valence-electron chi connectivity index (χ0n) is 17.3. The molecule has 32 heavy (non-hydrogen) atoms. The molecule has 0 aliphatic carbocycles. The molecule has 0 unspecified atom stereocenters. The highest BCUT2D eigenvalue weighted by Crippen LogP contribution is 2.35. The maximum atomic E-state index is 12.6. The average Bonchev–Trinajstić information content (AvgIpc) is 3.27. The molecule has 1 heterocycles. The molecule has 0 radical (unpaired) electrons. The molecule has 1 aliphatic heterocycles. The first-order valence-corrected chi connectivity index (χ1v) is 9.83. The molecule has 4 N–H and O–H groups in total. The number of hydroxylamine groups is 1. The molecule has 2 amide bonds. The molecule has 2 aromatic rings. The van der Waals surface area contributed by atoms with Gasteiger partial charge in [0, 0.05) is 23.7 Å². The van der Waals surface area contributed by atoms with E-state index in [0.29, 0.717) is 28.5 Å². The maximum Gasteiger partial charge on any atom is 0.412 e. The van der Waals surface area contributed by atoms with Gasteiger partial charge in [-0.15, -0.1) is 0 Å². The summed E-state index contributed by atoms with van der Waals surface area (Å²) in [6, 6.07) is 11.8. The number of hydrogen-bond donors (Lipinski definition) is 4. The van der Waals surface area contributed by atoms with Crippen molar-refractivity contribution in [2.75, 3.05) is 25.3 Å². The van der Waals surface area contributed by atoms with Crippen molar-refractivity contribution in [1.29, 1.82) is 0 Å². The Labute approximate surface area is 184 Å². The monoisotopic (exact) mass is 444 g/mol. The van der Waals surface area contributed by atoms with Crippen molar-refractivity contribution in [3.8, 4) is 17.2 Å². The van der Waals surface area contributed by atoms with Crippen LogP contribution in [0.5, 0.6) is 17.2 Å². The zero-order valence-corrected chi connectivity index (χ0v) is 17.3. The van der Waals surface area contributed by atoms with Crippen LogP contribution in [0.2, 0.25) is 0 Å². The predicted molar refractivity (Wildman–Crippen MR) is 113 cm³/mol. The van der Waals surface area contributed by atoms with Crippen LogP contribution in [-0.2, 0) is 9.53 Å². The largest absolute Gasteiger partial charge is 0.491 e. The van der Waals surface area contributed by atoms with Crippen LogP contribution in [0.1, 0.15) is 18.6 Å². The molecule has 0 saturated carbocycles. The zero-order chi connectivity index (χ0) is 22.9. The average molecular weight is 444 g/mol. The quantitative estimate of drug-likeness (QED) is 0.263. The van der Waals surface area contributed by atoms with E-state index in [2.05, 4.69) is 5.32 Å². The molecule has 2 atom stereocenters. The molecule has 170 valence electrons. The number of nitrogens with one attached hydrogen (secondary N) is 2. The van der Waals surface area contributed by atoms with Crippen LogP contribution in [0.15, 0.2) is 54.6 Å². The lowest BCUT2D eigenvalue weighted by molar-refractivity contribution is -0.124. The second-order valence-electron chi connectivity index (χ2n) is 6.85. The highest BCUT2D eigenvalue weighted by Gasteiger charge is 2.23. The smallest absolute Gasteiger partial charge is 0.412 e. The van der Waals surface area contributed by atoms with Gasteiger partial charge in [-0.3, -0.25) is 15.3 Å². The second-order valence-corrected chi connectivity index (χ2v) is 6.85. The molecule has 2 aromatic carbocycles. The van der Waals surface area contributed by atoms with Crippen LogP contribution in [0.4, 0.5) is 10.5 Å². The van der Waals surface area contributed by atoms with E-state index < -0.39 is 24.0 Å². The minimum atomic E-state index is -0.751. The van der Waals surface area contributed by atoms with Crippen LogP contribution in [0.25, 0.3) is 0 Å². The highest BCUT2D eigenvalue weighted by molar-refractivity contribution is 5.86. The molecule has 3 rings (SSSR count). The number of fused-ring (bicyclic) bond motifs is 1. The van der Waals surface area contributed by atoms with E-state index in [1.54, 1.807) is 49.4 Å². The third kappa shape index (κ3) is 6.13. The Morgan fingerprint density at radius 1 is 1.16 bits per heavy atom. The molecule has 0 saturated heterocycles. The van der Waals surface area contributed by atoms with Gasteiger partial charge in [-0.25, -0.2) is 10.3 Å². The lowest BCUT2D eigenvalue weighted by Gasteiger charge is -2.23. The molecule has 1 aliphatic rings. The van der Waals surface area contributed by atoms with E-state index in [1.807, 2.05) is 0 Å². The number of aliphatic hydroxyl groups excluding tert-OH is 1. The molecular weight excluding hydrogens is 420 g/mol. The number of carbonyl (C=O) groups excluding carboxylic acids is 2. The molecule has 0 aromatic heterocycles. The molecule has 0 spiro atoms. The van der Waals surface area contributed by atoms with Gasteiger partial charge in [0.05, 0.1) is 6.61 Å². The van der Waals surface area contributed by atoms with Crippen LogP contribution < -0.4 is 25.0 Å². The summed E-state index contributed by atoms with van der Waals surface area (Å²) >= 11 is 0. The predicted octanol–water partition coefficient (Wildman–Crippen LogP) is 2.77. The van der Waals surface area contributed by atoms with Crippen LogP contribution in [-0.4, -0.2) is 42.3 Å². The summed E-state index contributed by atoms with van der Waals surface area (Å²) in [6.45, 7) is 1.93. The molecular formula is C22H24N2O8. The Kier molecular flexibility index (Phi) is 7.90. The van der Waals surface area contributed by atoms with Gasteiger partial charge in [-0.05, 0) is 29.8 Å².